The molecule has 0 amide bonds. The van der Waals surface area contributed by atoms with Gasteiger partial charge in [0, 0.05) is 17.5 Å². The largest absolute Gasteiger partial charge is 0.497 e. The average Bonchev–Trinajstić information content (AvgIpc) is 2.73. The van der Waals surface area contributed by atoms with Gasteiger partial charge in [-0.05, 0) is 44.2 Å². The summed E-state index contributed by atoms with van der Waals surface area (Å²) < 4.78 is 22.7. The summed E-state index contributed by atoms with van der Waals surface area (Å²) in [5.41, 5.74) is 0.729. The van der Waals surface area contributed by atoms with E-state index in [-0.39, 0.29) is 6.42 Å². The van der Waals surface area contributed by atoms with Crippen molar-refractivity contribution in [1.82, 2.24) is 9.55 Å². The molecule has 1 atom stereocenters. The van der Waals surface area contributed by atoms with Crippen molar-refractivity contribution >= 4 is 16.9 Å². The van der Waals surface area contributed by atoms with Crippen molar-refractivity contribution in [3.8, 4) is 23.0 Å². The van der Waals surface area contributed by atoms with Crippen molar-refractivity contribution in [3.63, 3.8) is 0 Å². The van der Waals surface area contributed by atoms with Crippen molar-refractivity contribution in [2.45, 2.75) is 26.3 Å². The number of hydrogen-bond acceptors (Lipinski definition) is 7. The number of methoxy groups -OCH3 is 3. The van der Waals surface area contributed by atoms with Crippen molar-refractivity contribution in [2.24, 2.45) is 0 Å². The monoisotopic (exact) mass is 412 g/mol. The number of rotatable bonds is 7. The summed E-state index contributed by atoms with van der Waals surface area (Å²) in [7, 11) is 4.63. The summed E-state index contributed by atoms with van der Waals surface area (Å²) in [6.07, 6.45) is -0.0138. The number of fused-ring (bicyclic) bond motifs is 1. The lowest BCUT2D eigenvalue weighted by Crippen LogP contribution is -2.29. The molecule has 1 unspecified atom stereocenters. The third-order valence-electron chi connectivity index (χ3n) is 4.81. The minimum Gasteiger partial charge on any atom is -0.497 e. The molecule has 0 N–H and O–H groups in total. The summed E-state index contributed by atoms with van der Waals surface area (Å²) >= 11 is 0. The van der Waals surface area contributed by atoms with E-state index in [0.29, 0.717) is 34.2 Å². The van der Waals surface area contributed by atoms with E-state index in [1.807, 2.05) is 0 Å². The molecule has 2 aromatic carbocycles. The fraction of sp³-hybridized carbons (Fsp3) is 0.318. The lowest BCUT2D eigenvalue weighted by atomic mass is 10.1. The van der Waals surface area contributed by atoms with Crippen LogP contribution in [0.3, 0.4) is 0 Å². The molecule has 0 saturated heterocycles. The summed E-state index contributed by atoms with van der Waals surface area (Å²) in [5.74, 6) is 1.62. The van der Waals surface area contributed by atoms with E-state index in [0.717, 1.165) is 5.39 Å². The molecule has 1 aromatic heterocycles. The van der Waals surface area contributed by atoms with Crippen LogP contribution in [0.1, 0.15) is 25.1 Å². The minimum atomic E-state index is -0.489. The van der Waals surface area contributed by atoms with Crippen LogP contribution in [0.2, 0.25) is 0 Å². The zero-order valence-corrected chi connectivity index (χ0v) is 17.6. The molecule has 3 aromatic rings. The maximum absolute atomic E-state index is 12.7. The van der Waals surface area contributed by atoms with Crippen LogP contribution in [0.4, 0.5) is 0 Å². The molecule has 0 aliphatic carbocycles. The van der Waals surface area contributed by atoms with Crippen molar-refractivity contribution < 1.29 is 23.7 Å². The third-order valence-corrected chi connectivity index (χ3v) is 4.81. The van der Waals surface area contributed by atoms with Crippen LogP contribution < -0.4 is 24.6 Å². The van der Waals surface area contributed by atoms with E-state index in [4.69, 9.17) is 18.9 Å². The number of ether oxygens (including phenoxy) is 4. The number of benzene rings is 2. The molecule has 0 fully saturated rings. The molecule has 8 heteroatoms. The van der Waals surface area contributed by atoms with Crippen LogP contribution in [0.25, 0.3) is 10.9 Å². The van der Waals surface area contributed by atoms with E-state index in [1.165, 1.54) is 11.7 Å². The Morgan fingerprint density at radius 3 is 2.20 bits per heavy atom. The lowest BCUT2D eigenvalue weighted by molar-refractivity contribution is -0.135. The highest BCUT2D eigenvalue weighted by atomic mass is 16.5. The van der Waals surface area contributed by atoms with E-state index in [1.54, 1.807) is 64.5 Å². The van der Waals surface area contributed by atoms with Crippen molar-refractivity contribution in [2.75, 3.05) is 21.3 Å². The fourth-order valence-corrected chi connectivity index (χ4v) is 3.29. The predicted molar refractivity (Wildman–Crippen MR) is 112 cm³/mol. The highest BCUT2D eigenvalue weighted by molar-refractivity contribution is 5.85. The third kappa shape index (κ3) is 4.22. The maximum Gasteiger partial charge on any atom is 0.348 e. The van der Waals surface area contributed by atoms with Gasteiger partial charge in [0.1, 0.15) is 11.5 Å². The molecule has 158 valence electrons. The van der Waals surface area contributed by atoms with Gasteiger partial charge in [0.25, 0.3) is 0 Å². The Morgan fingerprint density at radius 1 is 1.00 bits per heavy atom. The SMILES string of the molecule is COc1ccc(OC(=O)CC(C)n2c(=O)nc(C)c3cc(OC)c(OC)cc32)cc1. The predicted octanol–water partition coefficient (Wildman–Crippen LogP) is 3.29. The van der Waals surface area contributed by atoms with Gasteiger partial charge in [-0.15, -0.1) is 0 Å². The quantitative estimate of drug-likeness (QED) is 0.435. The summed E-state index contributed by atoms with van der Waals surface area (Å²) in [5, 5.41) is 0.739. The Morgan fingerprint density at radius 2 is 1.60 bits per heavy atom. The van der Waals surface area contributed by atoms with Crippen LogP contribution >= 0.6 is 0 Å². The topological polar surface area (TPSA) is 88.9 Å². The second kappa shape index (κ2) is 8.86. The molecule has 0 spiro atoms. The fourth-order valence-electron chi connectivity index (χ4n) is 3.29. The van der Waals surface area contributed by atoms with Crippen molar-refractivity contribution in [1.29, 1.82) is 0 Å². The number of nitrogens with zero attached hydrogens (tertiary/aromatic N) is 2. The van der Waals surface area contributed by atoms with Crippen LogP contribution in [0.5, 0.6) is 23.0 Å². The highest BCUT2D eigenvalue weighted by Crippen LogP contribution is 2.33. The molecule has 0 aliphatic heterocycles. The van der Waals surface area contributed by atoms with Crippen LogP contribution in [0.15, 0.2) is 41.2 Å². The molecular formula is C22H24N2O6. The first-order chi connectivity index (χ1) is 14.4. The van der Waals surface area contributed by atoms with E-state index >= 15 is 0 Å². The molecule has 0 saturated carbocycles. The number of esters is 1. The zero-order chi connectivity index (χ0) is 21.8. The van der Waals surface area contributed by atoms with Gasteiger partial charge < -0.3 is 18.9 Å². The maximum atomic E-state index is 12.7. The zero-order valence-electron chi connectivity index (χ0n) is 17.6. The number of carbonyl (C=O) groups excluding carboxylic acids is 1. The van der Waals surface area contributed by atoms with Crippen LogP contribution in [0, 0.1) is 6.92 Å². The van der Waals surface area contributed by atoms with Gasteiger partial charge in [0.15, 0.2) is 11.5 Å². The Hall–Kier alpha value is -3.55. The number of carbonyl (C=O) groups is 1. The molecule has 0 aliphatic rings. The van der Waals surface area contributed by atoms with Gasteiger partial charge in [-0.2, -0.15) is 4.98 Å². The minimum absolute atomic E-state index is 0.0138. The highest BCUT2D eigenvalue weighted by Gasteiger charge is 2.20. The molecule has 1 heterocycles. The first-order valence-electron chi connectivity index (χ1n) is 9.37. The molecule has 8 nitrogen and oxygen atoms in total. The number of aromatic nitrogens is 2. The average molecular weight is 412 g/mol. The molecule has 3 rings (SSSR count). The van der Waals surface area contributed by atoms with E-state index < -0.39 is 17.7 Å². The van der Waals surface area contributed by atoms with E-state index in [9.17, 15) is 9.59 Å². The van der Waals surface area contributed by atoms with Gasteiger partial charge in [0.05, 0.1) is 39.0 Å². The Kier molecular flexibility index (Phi) is 6.25. The second-order valence-corrected chi connectivity index (χ2v) is 6.78. The number of hydrogen-bond donors (Lipinski definition) is 0. The van der Waals surface area contributed by atoms with Crippen LogP contribution in [-0.2, 0) is 4.79 Å². The van der Waals surface area contributed by atoms with Gasteiger partial charge in [-0.1, -0.05) is 0 Å². The van der Waals surface area contributed by atoms with Gasteiger partial charge in [0.2, 0.25) is 0 Å². The smallest absolute Gasteiger partial charge is 0.348 e. The summed E-state index contributed by atoms with van der Waals surface area (Å²) in [6, 6.07) is 9.70. The molecule has 0 bridgehead atoms. The van der Waals surface area contributed by atoms with Crippen molar-refractivity contribution in [3.05, 3.63) is 52.6 Å². The first kappa shape index (κ1) is 21.2. The standard InChI is InChI=1S/C22H24N2O6/c1-13(10-21(25)30-16-8-6-15(27-3)7-9-16)24-18-12-20(29-5)19(28-4)11-17(18)14(2)23-22(24)26/h6-9,11-13H,10H2,1-5H3. The Balaban J connectivity index is 1.92. The summed E-state index contributed by atoms with van der Waals surface area (Å²) in [4.78, 5) is 29.2. The van der Waals surface area contributed by atoms with Crippen LogP contribution in [-0.4, -0.2) is 36.8 Å². The lowest BCUT2D eigenvalue weighted by Gasteiger charge is -2.19. The van der Waals surface area contributed by atoms with Gasteiger partial charge in [-0.3, -0.25) is 9.36 Å². The Bertz CT molecular complexity index is 1120. The molecule has 30 heavy (non-hydrogen) atoms. The number of aryl methyl sites for hydroxylation is 1. The Labute approximate surface area is 174 Å². The summed E-state index contributed by atoms with van der Waals surface area (Å²) in [6.45, 7) is 3.52. The van der Waals surface area contributed by atoms with Gasteiger partial charge in [-0.25, -0.2) is 4.79 Å². The van der Waals surface area contributed by atoms with E-state index in [2.05, 4.69) is 4.98 Å². The second-order valence-electron chi connectivity index (χ2n) is 6.78. The van der Waals surface area contributed by atoms with Gasteiger partial charge >= 0.3 is 11.7 Å². The molecule has 0 radical (unpaired) electrons. The first-order valence-corrected chi connectivity index (χ1v) is 9.37. The normalized spacial score (nSPS) is 11.8. The molecular weight excluding hydrogens is 388 g/mol.